The van der Waals surface area contributed by atoms with Crippen molar-refractivity contribution in [1.82, 2.24) is 4.98 Å². The van der Waals surface area contributed by atoms with Crippen molar-refractivity contribution in [3.05, 3.63) is 78.0 Å². The van der Waals surface area contributed by atoms with E-state index in [9.17, 15) is 0 Å². The molecular weight excluding hydrogens is 254 g/mol. The number of aryl methyl sites for hydroxylation is 2. The van der Waals surface area contributed by atoms with Crippen LogP contribution in [0.2, 0.25) is 0 Å². The fourth-order valence-corrected chi connectivity index (χ4v) is 2.58. The van der Waals surface area contributed by atoms with Gasteiger partial charge in [-0.3, -0.25) is 4.98 Å². The first-order valence-electron chi connectivity index (χ1n) is 7.39. The minimum absolute atomic E-state index is 1.04. The molecule has 0 fully saturated rings. The third-order valence-electron chi connectivity index (χ3n) is 3.69. The zero-order chi connectivity index (χ0) is 14.7. The van der Waals surface area contributed by atoms with Gasteiger partial charge in [0.2, 0.25) is 0 Å². The van der Waals surface area contributed by atoms with Crippen molar-refractivity contribution in [2.24, 2.45) is 0 Å². The van der Waals surface area contributed by atoms with E-state index < -0.39 is 0 Å². The molecule has 1 nitrogen and oxygen atoms in total. The van der Waals surface area contributed by atoms with Gasteiger partial charge in [-0.05, 0) is 48.2 Å². The highest BCUT2D eigenvalue weighted by Crippen LogP contribution is 2.26. The molecule has 0 atom stereocenters. The van der Waals surface area contributed by atoms with Crippen LogP contribution in [0.15, 0.2) is 66.7 Å². The molecule has 0 aliphatic heterocycles. The monoisotopic (exact) mass is 273 g/mol. The summed E-state index contributed by atoms with van der Waals surface area (Å²) in [5.74, 6) is 0. The first kappa shape index (κ1) is 13.6. The Labute approximate surface area is 126 Å². The standard InChI is InChI=1S/C20H19N/c1-3-16-12-15(2)21-20(13-16)19-11-7-10-18(14-19)17-8-5-4-6-9-17/h4-14H,3H2,1-2H3. The van der Waals surface area contributed by atoms with Gasteiger partial charge in [-0.25, -0.2) is 0 Å². The number of benzene rings is 2. The van der Waals surface area contributed by atoms with E-state index in [0.29, 0.717) is 0 Å². The van der Waals surface area contributed by atoms with Crippen molar-refractivity contribution in [1.29, 1.82) is 0 Å². The van der Waals surface area contributed by atoms with E-state index in [4.69, 9.17) is 0 Å². The Morgan fingerprint density at radius 2 is 1.48 bits per heavy atom. The van der Waals surface area contributed by atoms with Gasteiger partial charge in [-0.2, -0.15) is 0 Å². The predicted molar refractivity (Wildman–Crippen MR) is 89.2 cm³/mol. The summed E-state index contributed by atoms with van der Waals surface area (Å²) in [4.78, 5) is 4.69. The van der Waals surface area contributed by atoms with Crippen molar-refractivity contribution >= 4 is 0 Å². The summed E-state index contributed by atoms with van der Waals surface area (Å²) >= 11 is 0. The number of hydrogen-bond acceptors (Lipinski definition) is 1. The highest BCUT2D eigenvalue weighted by atomic mass is 14.7. The molecule has 104 valence electrons. The van der Waals surface area contributed by atoms with Crippen LogP contribution in [0.4, 0.5) is 0 Å². The molecule has 1 heterocycles. The largest absolute Gasteiger partial charge is 0.253 e. The van der Waals surface area contributed by atoms with Crippen molar-refractivity contribution < 1.29 is 0 Å². The first-order valence-corrected chi connectivity index (χ1v) is 7.39. The molecule has 0 spiro atoms. The average molecular weight is 273 g/mol. The van der Waals surface area contributed by atoms with E-state index in [1.165, 1.54) is 22.3 Å². The van der Waals surface area contributed by atoms with Crippen LogP contribution in [-0.2, 0) is 6.42 Å². The van der Waals surface area contributed by atoms with E-state index in [0.717, 1.165) is 17.8 Å². The van der Waals surface area contributed by atoms with Crippen LogP contribution in [0.25, 0.3) is 22.4 Å². The maximum absolute atomic E-state index is 4.69. The van der Waals surface area contributed by atoms with Crippen molar-refractivity contribution in [2.45, 2.75) is 20.3 Å². The zero-order valence-corrected chi connectivity index (χ0v) is 12.5. The van der Waals surface area contributed by atoms with Gasteiger partial charge in [0, 0.05) is 11.3 Å². The van der Waals surface area contributed by atoms with Crippen LogP contribution in [0.3, 0.4) is 0 Å². The van der Waals surface area contributed by atoms with Crippen molar-refractivity contribution in [3.8, 4) is 22.4 Å². The third kappa shape index (κ3) is 3.03. The maximum Gasteiger partial charge on any atom is 0.0708 e. The normalized spacial score (nSPS) is 10.6. The minimum atomic E-state index is 1.04. The van der Waals surface area contributed by atoms with Gasteiger partial charge in [-0.15, -0.1) is 0 Å². The Hall–Kier alpha value is -2.41. The number of hydrogen-bond donors (Lipinski definition) is 0. The number of pyridine rings is 1. The summed E-state index contributed by atoms with van der Waals surface area (Å²) in [5, 5.41) is 0. The summed E-state index contributed by atoms with van der Waals surface area (Å²) in [7, 11) is 0. The van der Waals surface area contributed by atoms with E-state index in [1.54, 1.807) is 0 Å². The second kappa shape index (κ2) is 5.92. The quantitative estimate of drug-likeness (QED) is 0.632. The fraction of sp³-hybridized carbons (Fsp3) is 0.150. The molecule has 3 aromatic rings. The van der Waals surface area contributed by atoms with Gasteiger partial charge < -0.3 is 0 Å². The molecule has 0 saturated carbocycles. The molecule has 1 aromatic heterocycles. The Bertz CT molecular complexity index is 745. The highest BCUT2D eigenvalue weighted by molar-refractivity contribution is 5.71. The molecule has 0 unspecified atom stereocenters. The molecule has 0 N–H and O–H groups in total. The Balaban J connectivity index is 2.06. The lowest BCUT2D eigenvalue weighted by Crippen LogP contribution is -1.91. The van der Waals surface area contributed by atoms with Crippen LogP contribution in [0.5, 0.6) is 0 Å². The number of aromatic nitrogens is 1. The van der Waals surface area contributed by atoms with E-state index >= 15 is 0 Å². The molecular formula is C20H19N. The number of nitrogens with zero attached hydrogens (tertiary/aromatic N) is 1. The smallest absolute Gasteiger partial charge is 0.0708 e. The summed E-state index contributed by atoms with van der Waals surface area (Å²) in [6, 6.07) is 23.4. The summed E-state index contributed by atoms with van der Waals surface area (Å²) in [6.07, 6.45) is 1.04. The molecule has 0 amide bonds. The summed E-state index contributed by atoms with van der Waals surface area (Å²) in [5.41, 5.74) is 7.12. The summed E-state index contributed by atoms with van der Waals surface area (Å²) < 4.78 is 0. The molecule has 21 heavy (non-hydrogen) atoms. The lowest BCUT2D eigenvalue weighted by Gasteiger charge is -2.08. The van der Waals surface area contributed by atoms with Crippen LogP contribution in [-0.4, -0.2) is 4.98 Å². The van der Waals surface area contributed by atoms with Gasteiger partial charge in [0.05, 0.1) is 5.69 Å². The molecule has 0 saturated heterocycles. The topological polar surface area (TPSA) is 12.9 Å². The molecule has 0 bridgehead atoms. The molecule has 2 aromatic carbocycles. The second-order valence-electron chi connectivity index (χ2n) is 5.30. The Morgan fingerprint density at radius 1 is 0.762 bits per heavy atom. The molecule has 0 radical (unpaired) electrons. The van der Waals surface area contributed by atoms with Gasteiger partial charge in [-0.1, -0.05) is 55.5 Å². The maximum atomic E-state index is 4.69. The van der Waals surface area contributed by atoms with Crippen molar-refractivity contribution in [3.63, 3.8) is 0 Å². The zero-order valence-electron chi connectivity index (χ0n) is 12.5. The molecule has 0 aliphatic carbocycles. The molecule has 3 rings (SSSR count). The van der Waals surface area contributed by atoms with Crippen LogP contribution >= 0.6 is 0 Å². The second-order valence-corrected chi connectivity index (χ2v) is 5.30. The first-order chi connectivity index (χ1) is 10.3. The minimum Gasteiger partial charge on any atom is -0.253 e. The van der Waals surface area contributed by atoms with E-state index in [-0.39, 0.29) is 0 Å². The van der Waals surface area contributed by atoms with Crippen LogP contribution in [0, 0.1) is 6.92 Å². The van der Waals surface area contributed by atoms with Gasteiger partial charge in [0.15, 0.2) is 0 Å². The van der Waals surface area contributed by atoms with Gasteiger partial charge in [0.25, 0.3) is 0 Å². The van der Waals surface area contributed by atoms with Crippen LogP contribution < -0.4 is 0 Å². The van der Waals surface area contributed by atoms with E-state index in [1.807, 2.05) is 6.07 Å². The lowest BCUT2D eigenvalue weighted by molar-refractivity contribution is 1.09. The Morgan fingerprint density at radius 3 is 2.24 bits per heavy atom. The van der Waals surface area contributed by atoms with Crippen molar-refractivity contribution in [2.75, 3.05) is 0 Å². The predicted octanol–water partition coefficient (Wildman–Crippen LogP) is 5.29. The van der Waals surface area contributed by atoms with Crippen LogP contribution in [0.1, 0.15) is 18.2 Å². The lowest BCUT2D eigenvalue weighted by atomic mass is 10.0. The Kier molecular flexibility index (Phi) is 3.83. The molecule has 1 heteroatoms. The number of rotatable bonds is 3. The average Bonchev–Trinajstić information content (AvgIpc) is 2.55. The summed E-state index contributed by atoms with van der Waals surface area (Å²) in [6.45, 7) is 4.24. The fourth-order valence-electron chi connectivity index (χ4n) is 2.58. The van der Waals surface area contributed by atoms with E-state index in [2.05, 4.69) is 79.5 Å². The molecule has 0 aliphatic rings. The van der Waals surface area contributed by atoms with Gasteiger partial charge in [0.1, 0.15) is 0 Å². The SMILES string of the molecule is CCc1cc(C)nc(-c2cccc(-c3ccccc3)c2)c1. The van der Waals surface area contributed by atoms with Gasteiger partial charge >= 0.3 is 0 Å². The third-order valence-corrected chi connectivity index (χ3v) is 3.69. The highest BCUT2D eigenvalue weighted by Gasteiger charge is 2.04.